The summed E-state index contributed by atoms with van der Waals surface area (Å²) in [6.07, 6.45) is 0. The molecule has 0 saturated carbocycles. The minimum Gasteiger partial charge on any atom is -0.484 e. The first-order chi connectivity index (χ1) is 13.1. The maximum atomic E-state index is 11.8. The van der Waals surface area contributed by atoms with Crippen molar-refractivity contribution in [3.05, 3.63) is 64.2 Å². The number of anilines is 1. The van der Waals surface area contributed by atoms with Gasteiger partial charge in [0, 0.05) is 17.8 Å². The Bertz CT molecular complexity index is 842. The van der Waals surface area contributed by atoms with Crippen LogP contribution in [0.2, 0.25) is 0 Å². The molecule has 9 heteroatoms. The van der Waals surface area contributed by atoms with Crippen molar-refractivity contribution in [1.82, 2.24) is 10.9 Å². The number of nitro groups is 1. The van der Waals surface area contributed by atoms with Crippen LogP contribution in [0, 0.1) is 10.1 Å². The Hall–Kier alpha value is -3.62. The number of hydrazine groups is 1. The lowest BCUT2D eigenvalue weighted by Gasteiger charge is -2.19. The second-order valence-electron chi connectivity index (χ2n) is 6.99. The van der Waals surface area contributed by atoms with Crippen LogP contribution in [0.5, 0.6) is 5.75 Å². The van der Waals surface area contributed by atoms with E-state index in [0.29, 0.717) is 11.4 Å². The van der Waals surface area contributed by atoms with Crippen LogP contribution in [0.3, 0.4) is 0 Å². The number of non-ortho nitro benzene ring substituents is 1. The number of hydrogen-bond donors (Lipinski definition) is 3. The Labute approximate surface area is 162 Å². The van der Waals surface area contributed by atoms with Crippen LogP contribution in [0.1, 0.15) is 26.3 Å². The maximum Gasteiger partial charge on any atom is 0.337 e. The summed E-state index contributed by atoms with van der Waals surface area (Å²) in [5.74, 6) is -0.00257. The van der Waals surface area contributed by atoms with Crippen LogP contribution < -0.4 is 20.9 Å². The number of benzene rings is 2. The quantitative estimate of drug-likeness (QED) is 0.538. The second-order valence-corrected chi connectivity index (χ2v) is 6.99. The largest absolute Gasteiger partial charge is 0.484 e. The number of hydrogen-bond acceptors (Lipinski definition) is 5. The summed E-state index contributed by atoms with van der Waals surface area (Å²) in [5, 5.41) is 13.0. The summed E-state index contributed by atoms with van der Waals surface area (Å²) in [5.41, 5.74) is 5.80. The van der Waals surface area contributed by atoms with Crippen molar-refractivity contribution in [2.45, 2.75) is 26.2 Å². The molecule has 0 fully saturated rings. The summed E-state index contributed by atoms with van der Waals surface area (Å²) >= 11 is 0. The van der Waals surface area contributed by atoms with Gasteiger partial charge in [0.1, 0.15) is 5.75 Å². The molecule has 0 radical (unpaired) electrons. The van der Waals surface area contributed by atoms with Gasteiger partial charge < -0.3 is 10.1 Å². The molecule has 0 aliphatic heterocycles. The average Bonchev–Trinajstić information content (AvgIpc) is 2.64. The van der Waals surface area contributed by atoms with E-state index in [1.54, 1.807) is 12.1 Å². The fraction of sp³-hybridized carbons (Fsp3) is 0.263. The zero-order valence-electron chi connectivity index (χ0n) is 15.8. The number of nitrogens with zero attached hydrogens (tertiary/aromatic N) is 1. The number of rotatable bonds is 5. The van der Waals surface area contributed by atoms with Gasteiger partial charge in [0.15, 0.2) is 6.61 Å². The van der Waals surface area contributed by atoms with Crippen molar-refractivity contribution in [3.63, 3.8) is 0 Å². The van der Waals surface area contributed by atoms with Gasteiger partial charge in [0.2, 0.25) is 0 Å². The predicted octanol–water partition coefficient (Wildman–Crippen LogP) is 3.12. The molecular weight excluding hydrogens is 364 g/mol. The minimum absolute atomic E-state index is 0.0247. The predicted molar refractivity (Wildman–Crippen MR) is 104 cm³/mol. The van der Waals surface area contributed by atoms with Gasteiger partial charge in [-0.3, -0.25) is 20.3 Å². The van der Waals surface area contributed by atoms with Crippen LogP contribution in [-0.2, 0) is 10.2 Å². The number of amides is 3. The zero-order valence-corrected chi connectivity index (χ0v) is 15.8. The van der Waals surface area contributed by atoms with Crippen molar-refractivity contribution in [1.29, 1.82) is 0 Å². The molecule has 3 N–H and O–H groups in total. The number of carbonyl (C=O) groups excluding carboxylic acids is 2. The number of nitrogens with one attached hydrogen (secondary N) is 3. The molecule has 0 aliphatic carbocycles. The molecule has 0 spiro atoms. The third-order valence-electron chi connectivity index (χ3n) is 3.74. The average molecular weight is 386 g/mol. The van der Waals surface area contributed by atoms with E-state index in [9.17, 15) is 19.7 Å². The van der Waals surface area contributed by atoms with E-state index < -0.39 is 16.9 Å². The van der Waals surface area contributed by atoms with E-state index >= 15 is 0 Å². The van der Waals surface area contributed by atoms with E-state index in [4.69, 9.17) is 4.74 Å². The molecular formula is C19H22N4O5. The summed E-state index contributed by atoms with van der Waals surface area (Å²) < 4.78 is 5.37. The van der Waals surface area contributed by atoms with Gasteiger partial charge in [-0.15, -0.1) is 0 Å². The van der Waals surface area contributed by atoms with E-state index in [2.05, 4.69) is 36.9 Å². The Morgan fingerprint density at radius 3 is 2.14 bits per heavy atom. The second kappa shape index (κ2) is 8.85. The van der Waals surface area contributed by atoms with E-state index in [1.165, 1.54) is 24.3 Å². The lowest BCUT2D eigenvalue weighted by Crippen LogP contribution is -2.45. The van der Waals surface area contributed by atoms with Gasteiger partial charge in [-0.25, -0.2) is 10.2 Å². The smallest absolute Gasteiger partial charge is 0.337 e. The number of nitro benzene ring substituents is 1. The molecule has 0 aromatic heterocycles. The van der Waals surface area contributed by atoms with Crippen molar-refractivity contribution in [2.75, 3.05) is 11.9 Å². The van der Waals surface area contributed by atoms with Gasteiger partial charge in [-0.2, -0.15) is 0 Å². The highest BCUT2D eigenvalue weighted by atomic mass is 16.6. The highest BCUT2D eigenvalue weighted by molar-refractivity contribution is 5.91. The molecule has 0 heterocycles. The van der Waals surface area contributed by atoms with Gasteiger partial charge in [0.05, 0.1) is 4.92 Å². The SMILES string of the molecule is CC(C)(C)c1ccc(OCC(=O)NNC(=O)Nc2ccc([N+](=O)[O-])cc2)cc1. The van der Waals surface area contributed by atoms with Crippen LogP contribution in [-0.4, -0.2) is 23.5 Å². The van der Waals surface area contributed by atoms with Crippen molar-refractivity contribution in [3.8, 4) is 5.75 Å². The van der Waals surface area contributed by atoms with Gasteiger partial charge in [-0.05, 0) is 35.2 Å². The third-order valence-corrected chi connectivity index (χ3v) is 3.74. The summed E-state index contributed by atoms with van der Waals surface area (Å²) in [6.45, 7) is 6.03. The molecule has 2 rings (SSSR count). The molecule has 0 bridgehead atoms. The molecule has 2 aromatic rings. The number of carbonyl (C=O) groups is 2. The Kier molecular flexibility index (Phi) is 6.54. The zero-order chi connectivity index (χ0) is 20.7. The Balaban J connectivity index is 1.74. The first-order valence-electron chi connectivity index (χ1n) is 8.49. The van der Waals surface area contributed by atoms with Crippen LogP contribution in [0.15, 0.2) is 48.5 Å². The summed E-state index contributed by atoms with van der Waals surface area (Å²) in [6, 6.07) is 12.0. The van der Waals surface area contributed by atoms with Crippen LogP contribution >= 0.6 is 0 Å². The Morgan fingerprint density at radius 2 is 1.61 bits per heavy atom. The molecule has 0 unspecified atom stereocenters. The van der Waals surface area contributed by atoms with Gasteiger partial charge >= 0.3 is 6.03 Å². The van der Waals surface area contributed by atoms with Crippen LogP contribution in [0.4, 0.5) is 16.2 Å². The van der Waals surface area contributed by atoms with Gasteiger partial charge in [-0.1, -0.05) is 32.9 Å². The summed E-state index contributed by atoms with van der Waals surface area (Å²) in [7, 11) is 0. The van der Waals surface area contributed by atoms with E-state index in [0.717, 1.165) is 5.56 Å². The number of urea groups is 1. The normalized spacial score (nSPS) is 10.7. The van der Waals surface area contributed by atoms with Crippen molar-refractivity contribution in [2.24, 2.45) is 0 Å². The first-order valence-corrected chi connectivity index (χ1v) is 8.49. The topological polar surface area (TPSA) is 123 Å². The van der Waals surface area contributed by atoms with Crippen molar-refractivity contribution < 1.29 is 19.2 Å². The third kappa shape index (κ3) is 6.27. The molecule has 3 amide bonds. The lowest BCUT2D eigenvalue weighted by molar-refractivity contribution is -0.384. The molecule has 2 aromatic carbocycles. The van der Waals surface area contributed by atoms with Crippen LogP contribution in [0.25, 0.3) is 0 Å². The van der Waals surface area contributed by atoms with E-state index in [-0.39, 0.29) is 17.7 Å². The molecule has 0 saturated heterocycles. The molecule has 0 atom stereocenters. The standard InChI is InChI=1S/C19H22N4O5/c1-19(2,3)13-4-10-16(11-5-13)28-12-17(24)21-22-18(25)20-14-6-8-15(9-7-14)23(26)27/h4-11H,12H2,1-3H3,(H,21,24)(H2,20,22,25). The Morgan fingerprint density at radius 1 is 1.00 bits per heavy atom. The van der Waals surface area contributed by atoms with E-state index in [1.807, 2.05) is 12.1 Å². The maximum absolute atomic E-state index is 11.8. The summed E-state index contributed by atoms with van der Waals surface area (Å²) in [4.78, 5) is 33.5. The molecule has 9 nitrogen and oxygen atoms in total. The molecule has 148 valence electrons. The van der Waals surface area contributed by atoms with Crippen molar-refractivity contribution >= 4 is 23.3 Å². The van der Waals surface area contributed by atoms with Gasteiger partial charge in [0.25, 0.3) is 11.6 Å². The lowest BCUT2D eigenvalue weighted by atomic mass is 9.87. The molecule has 28 heavy (non-hydrogen) atoms. The first kappa shape index (κ1) is 20.7. The highest BCUT2D eigenvalue weighted by Crippen LogP contribution is 2.24. The molecule has 0 aliphatic rings. The highest BCUT2D eigenvalue weighted by Gasteiger charge is 2.13. The monoisotopic (exact) mass is 386 g/mol. The fourth-order valence-corrected chi connectivity index (χ4v) is 2.19. The minimum atomic E-state index is -0.697. The number of ether oxygens (including phenoxy) is 1. The fourth-order valence-electron chi connectivity index (χ4n) is 2.19.